The molecule has 8 heteroatoms. The van der Waals surface area contributed by atoms with Gasteiger partial charge in [-0.25, -0.2) is 8.42 Å². The zero-order valence-corrected chi connectivity index (χ0v) is 15.5. The van der Waals surface area contributed by atoms with Gasteiger partial charge >= 0.3 is 59.1 Å². The van der Waals surface area contributed by atoms with E-state index in [0.717, 1.165) is 0 Å². The van der Waals surface area contributed by atoms with Gasteiger partial charge in [0.15, 0.2) is 0 Å². The van der Waals surface area contributed by atoms with Crippen LogP contribution in [0.3, 0.4) is 0 Å². The van der Waals surface area contributed by atoms with Crippen molar-refractivity contribution in [2.24, 2.45) is 0 Å². The maximum absolute atomic E-state index is 10.6. The normalized spacial score (nSPS) is 9.93. The van der Waals surface area contributed by atoms with Crippen LogP contribution in [0.25, 0.3) is 0 Å². The molecule has 0 bridgehead atoms. The molecule has 0 unspecified atom stereocenters. The van der Waals surface area contributed by atoms with E-state index in [1.54, 1.807) is 0 Å². The largest absolute Gasteiger partial charge is 1.00 e. The minimum absolute atomic E-state index is 0. The Bertz CT molecular complexity index is 408. The third-order valence-corrected chi connectivity index (χ3v) is 3.35. The molecule has 0 aromatic heterocycles. The summed E-state index contributed by atoms with van der Waals surface area (Å²) >= 11 is 5.94. The van der Waals surface area contributed by atoms with Crippen LogP contribution in [0.5, 0.6) is 0 Å². The van der Waals surface area contributed by atoms with E-state index >= 15 is 0 Å². The number of hydrogen-bond donors (Lipinski definition) is 0. The van der Waals surface area contributed by atoms with Gasteiger partial charge in [0, 0.05) is 0 Å². The average molecular weight is 360 g/mol. The van der Waals surface area contributed by atoms with Gasteiger partial charge in [-0.05, 0) is 4.90 Å². The molecular weight excluding hydrogens is 358 g/mol. The first-order valence-corrected chi connectivity index (χ1v) is 5.73. The van der Waals surface area contributed by atoms with Crippen LogP contribution in [0.4, 0.5) is 0 Å². The van der Waals surface area contributed by atoms with Gasteiger partial charge in [-0.15, -0.1) is 22.0 Å². The minimum Gasteiger partial charge on any atom is -0.746 e. The molecule has 66 valence electrons. The van der Waals surface area contributed by atoms with Gasteiger partial charge in [-0.1, -0.05) is 24.9 Å². The van der Waals surface area contributed by atoms with Gasteiger partial charge in [0.2, 0.25) is 0 Å². The maximum Gasteiger partial charge on any atom is 1.00 e. The predicted octanol–water partition coefficient (Wildman–Crippen LogP) is -4.08. The third kappa shape index (κ3) is 5.43. The van der Waals surface area contributed by atoms with Crippen LogP contribution in [0, 0.1) is 6.07 Å². The number of benzene rings is 1. The Morgan fingerprint density at radius 3 is 2.14 bits per heavy atom. The second-order valence-corrected chi connectivity index (χ2v) is 5.00. The van der Waals surface area contributed by atoms with E-state index in [4.69, 9.17) is 0 Å². The van der Waals surface area contributed by atoms with Gasteiger partial charge < -0.3 is 4.55 Å². The monoisotopic (exact) mass is 358 g/mol. The first-order chi connectivity index (χ1) is 5.41. The summed E-state index contributed by atoms with van der Waals surface area (Å²) in [4.78, 5) is -0.284. The number of hydrogen-bond acceptors (Lipinski definition) is 3. The summed E-state index contributed by atoms with van der Waals surface area (Å²) in [5.74, 6) is 0. The van der Waals surface area contributed by atoms with Crippen LogP contribution in [0.2, 0.25) is 0 Å². The fourth-order valence-electron chi connectivity index (χ4n) is 0.621. The van der Waals surface area contributed by atoms with Crippen molar-refractivity contribution in [1.29, 1.82) is 0 Å². The smallest absolute Gasteiger partial charge is 0.746 e. The summed E-state index contributed by atoms with van der Waals surface area (Å²) in [6, 6.07) is 5.25. The van der Waals surface area contributed by atoms with Crippen molar-refractivity contribution in [1.82, 2.24) is 0 Å². The molecule has 0 aliphatic rings. The Labute approximate surface area is 144 Å². The molecule has 0 atom stereocenters. The summed E-state index contributed by atoms with van der Waals surface area (Å²) in [5, 5.41) is 0. The van der Waals surface area contributed by atoms with Gasteiger partial charge in [-0.2, -0.15) is 12.1 Å². The number of halogens is 2. The molecule has 3 nitrogen and oxygen atoms in total. The van der Waals surface area contributed by atoms with Gasteiger partial charge in [0.1, 0.15) is 10.1 Å². The summed E-state index contributed by atoms with van der Waals surface area (Å²) in [7, 11) is -4.40. The van der Waals surface area contributed by atoms with Crippen molar-refractivity contribution in [2.45, 2.75) is 4.90 Å². The average Bonchev–Trinajstić information content (AvgIpc) is 1.92. The van der Waals surface area contributed by atoms with Crippen molar-refractivity contribution >= 4 is 42.0 Å². The van der Waals surface area contributed by atoms with E-state index in [1.807, 2.05) is 0 Å². The van der Waals surface area contributed by atoms with Crippen molar-refractivity contribution in [2.75, 3.05) is 0 Å². The molecule has 0 aliphatic carbocycles. The molecule has 1 aromatic carbocycles. The summed E-state index contributed by atoms with van der Waals surface area (Å²) < 4.78 is 32.4. The molecular formula is C6H2Br2Na2O3S. The Balaban J connectivity index is 0. The van der Waals surface area contributed by atoms with E-state index in [1.165, 1.54) is 12.1 Å². The fraction of sp³-hybridized carbons (Fsp3) is 0. The predicted molar refractivity (Wildman–Crippen MR) is 48.6 cm³/mol. The molecule has 0 fully saturated rings. The standard InChI is InChI=1S/C6H3Br2O3S.2Na/c7-4-1-2-5(8)6(3-4)12(9,10)11;;/h2-3H,(H,9,10,11);;/q-1;2*+1/p-1. The van der Waals surface area contributed by atoms with E-state index in [9.17, 15) is 13.0 Å². The molecule has 0 amide bonds. The van der Waals surface area contributed by atoms with Crippen molar-refractivity contribution in [3.63, 3.8) is 0 Å². The minimum atomic E-state index is -4.40. The first kappa shape index (κ1) is 18.5. The second-order valence-electron chi connectivity index (χ2n) is 1.95. The van der Waals surface area contributed by atoms with Gasteiger partial charge in [0.25, 0.3) is 0 Å². The van der Waals surface area contributed by atoms with Crippen molar-refractivity contribution in [3.05, 3.63) is 27.1 Å². The summed E-state index contributed by atoms with van der Waals surface area (Å²) in [6.07, 6.45) is 0. The topological polar surface area (TPSA) is 57.2 Å². The van der Waals surface area contributed by atoms with E-state index in [-0.39, 0.29) is 68.5 Å². The molecule has 0 saturated heterocycles. The van der Waals surface area contributed by atoms with Crippen molar-refractivity contribution < 1.29 is 72.1 Å². The molecule has 0 spiro atoms. The van der Waals surface area contributed by atoms with Crippen LogP contribution >= 0.6 is 31.9 Å². The van der Waals surface area contributed by atoms with Crippen LogP contribution in [-0.4, -0.2) is 13.0 Å². The molecule has 0 aliphatic heterocycles. The Morgan fingerprint density at radius 1 is 1.29 bits per heavy atom. The molecule has 0 saturated carbocycles. The van der Waals surface area contributed by atoms with Crippen LogP contribution in [0.1, 0.15) is 0 Å². The van der Waals surface area contributed by atoms with Crippen LogP contribution in [0.15, 0.2) is 26.0 Å². The maximum atomic E-state index is 10.6. The van der Waals surface area contributed by atoms with Crippen molar-refractivity contribution in [3.8, 4) is 0 Å². The fourth-order valence-corrected chi connectivity index (χ4v) is 2.50. The Hall–Kier alpha value is 2.09. The quantitative estimate of drug-likeness (QED) is 0.291. The Kier molecular flexibility index (Phi) is 9.78. The van der Waals surface area contributed by atoms with Crippen LogP contribution < -0.4 is 59.1 Å². The SMILES string of the molecule is O=S(=O)([O-])c1cc(Br)[c-]cc1Br.[Na+].[Na+]. The summed E-state index contributed by atoms with van der Waals surface area (Å²) in [6.45, 7) is 0. The second kappa shape index (κ2) is 7.42. The molecule has 1 aromatic rings. The molecule has 1 rings (SSSR count). The Morgan fingerprint density at radius 2 is 1.79 bits per heavy atom. The molecule has 0 radical (unpaired) electrons. The zero-order valence-electron chi connectivity index (χ0n) is 7.54. The summed E-state index contributed by atoms with van der Waals surface area (Å²) in [5.41, 5.74) is 0. The van der Waals surface area contributed by atoms with Gasteiger partial charge in [-0.3, -0.25) is 0 Å². The number of rotatable bonds is 1. The van der Waals surface area contributed by atoms with Crippen LogP contribution in [-0.2, 0) is 10.1 Å². The molecule has 0 N–H and O–H groups in total. The molecule has 14 heavy (non-hydrogen) atoms. The zero-order chi connectivity index (χ0) is 9.35. The van der Waals surface area contributed by atoms with Gasteiger partial charge in [0.05, 0.1) is 0 Å². The van der Waals surface area contributed by atoms with E-state index in [2.05, 4.69) is 37.9 Å². The third-order valence-electron chi connectivity index (χ3n) is 1.10. The van der Waals surface area contributed by atoms with E-state index in [0.29, 0.717) is 4.47 Å². The van der Waals surface area contributed by atoms with E-state index < -0.39 is 10.1 Å². The molecule has 0 heterocycles. The first-order valence-electron chi connectivity index (χ1n) is 2.74.